The highest BCUT2D eigenvalue weighted by atomic mass is 16.5. The largest absolute Gasteiger partial charge is 0.481 e. The predicted molar refractivity (Wildman–Crippen MR) is 195 cm³/mol. The molecule has 1 atom stereocenters. The van der Waals surface area contributed by atoms with Gasteiger partial charge in [0.15, 0.2) is 0 Å². The number of carbonyl (C=O) groups excluding carboxylic acids is 1. The van der Waals surface area contributed by atoms with Crippen LogP contribution in [0.4, 0.5) is 0 Å². The van der Waals surface area contributed by atoms with Crippen LogP contribution >= 0.6 is 0 Å². The van der Waals surface area contributed by atoms with Crippen LogP contribution in [-0.2, 0) is 14.3 Å². The van der Waals surface area contributed by atoms with Crippen molar-refractivity contribution < 1.29 is 19.4 Å². The van der Waals surface area contributed by atoms with E-state index in [4.69, 9.17) is 9.84 Å². The number of rotatable bonds is 32. The van der Waals surface area contributed by atoms with Gasteiger partial charge in [-0.3, -0.25) is 9.59 Å². The van der Waals surface area contributed by atoms with Crippen LogP contribution < -0.4 is 0 Å². The third-order valence-corrected chi connectivity index (χ3v) is 7.69. The first kappa shape index (κ1) is 42.4. The first-order valence-electron chi connectivity index (χ1n) is 18.4. The van der Waals surface area contributed by atoms with Crippen LogP contribution in [0, 0.1) is 0 Å². The number of allylic oxidation sites excluding steroid dienone is 12. The van der Waals surface area contributed by atoms with E-state index in [1.807, 2.05) is 0 Å². The summed E-state index contributed by atoms with van der Waals surface area (Å²) < 4.78 is 5.93. The molecule has 4 heteroatoms. The van der Waals surface area contributed by atoms with E-state index in [9.17, 15) is 9.59 Å². The molecule has 0 bridgehead atoms. The molecule has 0 radical (unpaired) electrons. The van der Waals surface area contributed by atoms with Crippen molar-refractivity contribution in [1.29, 1.82) is 0 Å². The van der Waals surface area contributed by atoms with Gasteiger partial charge in [0.2, 0.25) is 0 Å². The van der Waals surface area contributed by atoms with Crippen molar-refractivity contribution in [3.05, 3.63) is 72.9 Å². The second-order valence-corrected chi connectivity index (χ2v) is 12.0. The van der Waals surface area contributed by atoms with Gasteiger partial charge in [0.25, 0.3) is 0 Å². The Kier molecular flexibility index (Phi) is 33.8. The Morgan fingerprint density at radius 1 is 0.511 bits per heavy atom. The summed E-state index contributed by atoms with van der Waals surface area (Å²) in [5, 5.41) is 8.74. The summed E-state index contributed by atoms with van der Waals surface area (Å²) in [7, 11) is 0. The number of hydrogen-bond acceptors (Lipinski definition) is 3. The number of esters is 1. The molecule has 0 aliphatic rings. The molecular weight excluding hydrogens is 556 g/mol. The number of carboxylic acids is 1. The standard InChI is InChI=1S/C41H68O4/c1-3-5-7-9-10-11-12-13-14-15-16-17-18-19-20-21-22-23-24-30-34-38-41(44)45-39(35-31-27-8-6-4-2)36-32-28-25-26-29-33-37-40(42)43/h5,7,10-11,13-14,16-17,19-20,22-23,39H,3-4,6,8-9,12,15,18,21,24-38H2,1-2H3,(H,42,43)/b7-5-,11-10-,14-13-,17-16-,20-19-,23-22-. The van der Waals surface area contributed by atoms with E-state index in [0.29, 0.717) is 6.42 Å². The van der Waals surface area contributed by atoms with E-state index in [-0.39, 0.29) is 18.5 Å². The first-order valence-corrected chi connectivity index (χ1v) is 18.4. The molecule has 0 aromatic carbocycles. The lowest BCUT2D eigenvalue weighted by Crippen LogP contribution is -2.18. The van der Waals surface area contributed by atoms with Crippen molar-refractivity contribution in [1.82, 2.24) is 0 Å². The summed E-state index contributed by atoms with van der Waals surface area (Å²) in [4.78, 5) is 23.2. The Balaban J connectivity index is 3.99. The quantitative estimate of drug-likeness (QED) is 0.0459. The van der Waals surface area contributed by atoms with Crippen LogP contribution in [0.15, 0.2) is 72.9 Å². The van der Waals surface area contributed by atoms with E-state index in [0.717, 1.165) is 116 Å². The molecule has 0 rings (SSSR count). The maximum Gasteiger partial charge on any atom is 0.306 e. The van der Waals surface area contributed by atoms with Crippen molar-refractivity contribution in [2.45, 2.75) is 174 Å². The lowest BCUT2D eigenvalue weighted by atomic mass is 10.0. The monoisotopic (exact) mass is 625 g/mol. The molecule has 0 amide bonds. The summed E-state index contributed by atoms with van der Waals surface area (Å²) in [5.41, 5.74) is 0. The fourth-order valence-corrected chi connectivity index (χ4v) is 5.01. The molecule has 0 saturated carbocycles. The molecule has 0 fully saturated rings. The van der Waals surface area contributed by atoms with E-state index in [1.165, 1.54) is 25.7 Å². The Morgan fingerprint density at radius 2 is 0.933 bits per heavy atom. The smallest absolute Gasteiger partial charge is 0.306 e. The highest BCUT2D eigenvalue weighted by Crippen LogP contribution is 2.18. The summed E-state index contributed by atoms with van der Waals surface area (Å²) in [6.45, 7) is 4.39. The zero-order valence-corrected chi connectivity index (χ0v) is 29.1. The van der Waals surface area contributed by atoms with E-state index >= 15 is 0 Å². The molecule has 0 saturated heterocycles. The normalized spacial score (nSPS) is 13.1. The van der Waals surface area contributed by atoms with Gasteiger partial charge in [-0.15, -0.1) is 0 Å². The summed E-state index contributed by atoms with van der Waals surface area (Å²) >= 11 is 0. The predicted octanol–water partition coefficient (Wildman–Crippen LogP) is 12.7. The summed E-state index contributed by atoms with van der Waals surface area (Å²) in [6.07, 6.45) is 50.7. The molecule has 1 N–H and O–H groups in total. The average Bonchev–Trinajstić information content (AvgIpc) is 3.02. The number of hydrogen-bond donors (Lipinski definition) is 1. The maximum atomic E-state index is 12.5. The van der Waals surface area contributed by atoms with Crippen LogP contribution in [-0.4, -0.2) is 23.1 Å². The minimum absolute atomic E-state index is 0.0370. The molecule has 45 heavy (non-hydrogen) atoms. The second kappa shape index (κ2) is 35.9. The molecule has 0 spiro atoms. The fourth-order valence-electron chi connectivity index (χ4n) is 5.01. The van der Waals surface area contributed by atoms with Crippen LogP contribution in [0.5, 0.6) is 0 Å². The molecular formula is C41H68O4. The third kappa shape index (κ3) is 35.7. The molecule has 0 heterocycles. The van der Waals surface area contributed by atoms with Crippen molar-refractivity contribution in [2.75, 3.05) is 0 Å². The highest BCUT2D eigenvalue weighted by molar-refractivity contribution is 5.69. The Morgan fingerprint density at radius 3 is 1.42 bits per heavy atom. The molecule has 0 aromatic rings. The number of unbranched alkanes of at least 4 members (excludes halogenated alkanes) is 11. The van der Waals surface area contributed by atoms with Crippen LogP contribution in [0.3, 0.4) is 0 Å². The zero-order chi connectivity index (χ0) is 32.9. The van der Waals surface area contributed by atoms with Gasteiger partial charge >= 0.3 is 11.9 Å². The Hall–Kier alpha value is -2.62. The summed E-state index contributed by atoms with van der Waals surface area (Å²) in [6, 6.07) is 0. The molecule has 0 aliphatic carbocycles. The number of aliphatic carboxylic acids is 1. The van der Waals surface area contributed by atoms with E-state index in [1.54, 1.807) is 0 Å². The minimum atomic E-state index is -0.702. The van der Waals surface area contributed by atoms with E-state index < -0.39 is 5.97 Å². The molecule has 0 aromatic heterocycles. The van der Waals surface area contributed by atoms with Gasteiger partial charge in [-0.1, -0.05) is 138 Å². The maximum absolute atomic E-state index is 12.5. The average molecular weight is 625 g/mol. The highest BCUT2D eigenvalue weighted by Gasteiger charge is 2.14. The first-order chi connectivity index (χ1) is 22.1. The number of carboxylic acid groups (broad SMARTS) is 1. The van der Waals surface area contributed by atoms with Crippen molar-refractivity contribution in [2.24, 2.45) is 0 Å². The van der Waals surface area contributed by atoms with Crippen LogP contribution in [0.25, 0.3) is 0 Å². The van der Waals surface area contributed by atoms with Crippen molar-refractivity contribution >= 4 is 11.9 Å². The van der Waals surface area contributed by atoms with Gasteiger partial charge in [-0.05, 0) is 89.9 Å². The van der Waals surface area contributed by atoms with Gasteiger partial charge in [0.1, 0.15) is 6.10 Å². The molecule has 256 valence electrons. The third-order valence-electron chi connectivity index (χ3n) is 7.69. The van der Waals surface area contributed by atoms with Crippen LogP contribution in [0.2, 0.25) is 0 Å². The van der Waals surface area contributed by atoms with Gasteiger partial charge in [-0.2, -0.15) is 0 Å². The minimum Gasteiger partial charge on any atom is -0.481 e. The van der Waals surface area contributed by atoms with E-state index in [2.05, 4.69) is 86.8 Å². The Labute approximate surface area is 277 Å². The second-order valence-electron chi connectivity index (χ2n) is 12.0. The number of carbonyl (C=O) groups is 2. The van der Waals surface area contributed by atoms with Gasteiger partial charge in [0.05, 0.1) is 0 Å². The van der Waals surface area contributed by atoms with Crippen molar-refractivity contribution in [3.8, 4) is 0 Å². The Bertz CT molecular complexity index is 846. The lowest BCUT2D eigenvalue weighted by molar-refractivity contribution is -0.150. The van der Waals surface area contributed by atoms with Gasteiger partial charge in [-0.25, -0.2) is 0 Å². The van der Waals surface area contributed by atoms with Crippen molar-refractivity contribution in [3.63, 3.8) is 0 Å². The molecule has 1 unspecified atom stereocenters. The molecule has 4 nitrogen and oxygen atoms in total. The summed E-state index contributed by atoms with van der Waals surface area (Å²) in [5.74, 6) is -0.739. The topological polar surface area (TPSA) is 63.6 Å². The lowest BCUT2D eigenvalue weighted by Gasteiger charge is -2.18. The SMILES string of the molecule is CC/C=C\C/C=C\C/C=C\C/C=C\C/C=C\C/C=C\CCCCC(=O)OC(CCCCCCC)CCCCCCCCC(=O)O. The van der Waals surface area contributed by atoms with Crippen LogP contribution in [0.1, 0.15) is 168 Å². The van der Waals surface area contributed by atoms with Gasteiger partial charge < -0.3 is 9.84 Å². The zero-order valence-electron chi connectivity index (χ0n) is 29.1. The van der Waals surface area contributed by atoms with Gasteiger partial charge in [0, 0.05) is 12.8 Å². The molecule has 0 aliphatic heterocycles. The number of ether oxygens (including phenoxy) is 1. The fraction of sp³-hybridized carbons (Fsp3) is 0.659.